The van der Waals surface area contributed by atoms with Gasteiger partial charge in [-0.1, -0.05) is 13.8 Å². The molecule has 0 bridgehead atoms. The molecule has 0 aromatic rings. The molecule has 4 unspecified atom stereocenters. The molecule has 4 amide bonds. The van der Waals surface area contributed by atoms with Crippen LogP contribution in [0.15, 0.2) is 4.99 Å². The largest absolute Gasteiger partial charge is 0.480 e. The summed E-state index contributed by atoms with van der Waals surface area (Å²) in [6.07, 6.45) is 1.79. The zero-order valence-electron chi connectivity index (χ0n) is 20.3. The van der Waals surface area contributed by atoms with Gasteiger partial charge >= 0.3 is 5.97 Å². The number of hydrogen-bond acceptors (Lipinski definition) is 8. The van der Waals surface area contributed by atoms with Gasteiger partial charge in [-0.15, -0.1) is 0 Å². The Labute approximate surface area is 208 Å². The van der Waals surface area contributed by atoms with E-state index in [-0.39, 0.29) is 31.3 Å². The average molecular weight is 519 g/mol. The van der Waals surface area contributed by atoms with Gasteiger partial charge in [0.25, 0.3) is 0 Å². The maximum absolute atomic E-state index is 12.9. The molecule has 0 radical (unpaired) electrons. The van der Waals surface area contributed by atoms with Crippen LogP contribution in [0.2, 0.25) is 0 Å². The van der Waals surface area contributed by atoms with Crippen LogP contribution in [0.3, 0.4) is 0 Å². The predicted octanol–water partition coefficient (Wildman–Crippen LogP) is -2.81. The van der Waals surface area contributed by atoms with E-state index in [4.69, 9.17) is 22.9 Å². The van der Waals surface area contributed by atoms with Crippen LogP contribution in [0.1, 0.15) is 39.5 Å². The minimum absolute atomic E-state index is 0.0501. The number of carbonyl (C=O) groups is 5. The maximum atomic E-state index is 12.9. The molecular weight excluding hydrogens is 480 g/mol. The second kappa shape index (κ2) is 16.5. The molecule has 12 N–H and O–H groups in total. The topological polar surface area (TPSA) is 258 Å². The third kappa shape index (κ3) is 13.4. The van der Waals surface area contributed by atoms with Crippen molar-refractivity contribution < 1.29 is 29.1 Å². The Hall–Kier alpha value is -3.07. The normalized spacial score (nSPS) is 14.2. The molecule has 0 saturated carbocycles. The summed E-state index contributed by atoms with van der Waals surface area (Å²) in [5.41, 5.74) is 21.5. The second-order valence-electron chi connectivity index (χ2n) is 8.19. The first-order valence-corrected chi connectivity index (χ1v) is 12.4. The molecule has 4 atom stereocenters. The van der Waals surface area contributed by atoms with Gasteiger partial charge in [-0.05, 0) is 37.2 Å². The van der Waals surface area contributed by atoms with Crippen LogP contribution in [0.5, 0.6) is 0 Å². The number of primary amides is 1. The van der Waals surface area contributed by atoms with Gasteiger partial charge in [0, 0.05) is 6.54 Å². The third-order valence-corrected chi connectivity index (χ3v) is 5.51. The summed E-state index contributed by atoms with van der Waals surface area (Å²) >= 11 is 1.41. The van der Waals surface area contributed by atoms with Gasteiger partial charge in [0.1, 0.15) is 18.1 Å². The van der Waals surface area contributed by atoms with Gasteiger partial charge in [0.15, 0.2) is 5.96 Å². The molecule has 0 aromatic carbocycles. The molecule has 0 fully saturated rings. The van der Waals surface area contributed by atoms with Crippen LogP contribution >= 0.6 is 11.8 Å². The summed E-state index contributed by atoms with van der Waals surface area (Å²) in [6, 6.07) is -4.65. The number of nitrogens with two attached hydrogens (primary N) is 4. The molecular formula is C20H38N8O6S. The zero-order chi connectivity index (χ0) is 27.1. The van der Waals surface area contributed by atoms with Crippen LogP contribution < -0.4 is 38.9 Å². The highest BCUT2D eigenvalue weighted by Crippen LogP contribution is 2.06. The minimum Gasteiger partial charge on any atom is -0.480 e. The number of rotatable bonds is 17. The fourth-order valence-corrected chi connectivity index (χ4v) is 3.26. The number of nitrogens with one attached hydrogen (secondary N) is 3. The lowest BCUT2D eigenvalue weighted by Crippen LogP contribution is -2.58. The summed E-state index contributed by atoms with van der Waals surface area (Å²) < 4.78 is 0. The maximum Gasteiger partial charge on any atom is 0.326 e. The van der Waals surface area contributed by atoms with Crippen LogP contribution in [0, 0.1) is 5.92 Å². The van der Waals surface area contributed by atoms with Crippen molar-refractivity contribution in [3.63, 3.8) is 0 Å². The lowest BCUT2D eigenvalue weighted by Gasteiger charge is -2.25. The van der Waals surface area contributed by atoms with Crippen LogP contribution in [0.4, 0.5) is 0 Å². The number of aliphatic imine (C=N–C) groups is 1. The van der Waals surface area contributed by atoms with Crippen molar-refractivity contribution in [3.8, 4) is 0 Å². The first kappa shape index (κ1) is 31.9. The minimum atomic E-state index is -1.36. The van der Waals surface area contributed by atoms with Gasteiger partial charge in [-0.3, -0.25) is 24.2 Å². The lowest BCUT2D eigenvalue weighted by molar-refractivity contribution is -0.142. The van der Waals surface area contributed by atoms with Gasteiger partial charge < -0.3 is 44.0 Å². The van der Waals surface area contributed by atoms with Gasteiger partial charge in [0.2, 0.25) is 23.6 Å². The fraction of sp³-hybridized carbons (Fsp3) is 0.700. The Morgan fingerprint density at radius 3 is 1.91 bits per heavy atom. The molecule has 200 valence electrons. The van der Waals surface area contributed by atoms with Crippen molar-refractivity contribution >= 4 is 47.3 Å². The van der Waals surface area contributed by atoms with E-state index in [1.807, 2.05) is 0 Å². The van der Waals surface area contributed by atoms with E-state index in [0.717, 1.165) is 0 Å². The van der Waals surface area contributed by atoms with Crippen LogP contribution in [-0.4, -0.2) is 83.4 Å². The highest BCUT2D eigenvalue weighted by Gasteiger charge is 2.31. The quantitative estimate of drug-likeness (QED) is 0.0556. The molecule has 0 rings (SSSR count). The number of carbonyl (C=O) groups excluding carboxylic acids is 4. The molecule has 0 aliphatic carbocycles. The summed E-state index contributed by atoms with van der Waals surface area (Å²) in [6.45, 7) is 3.61. The van der Waals surface area contributed by atoms with E-state index in [0.29, 0.717) is 12.2 Å². The Balaban J connectivity index is 5.44. The average Bonchev–Trinajstić information content (AvgIpc) is 2.76. The van der Waals surface area contributed by atoms with E-state index in [1.165, 1.54) is 11.8 Å². The molecule has 0 aromatic heterocycles. The number of hydrogen-bond donors (Lipinski definition) is 8. The molecule has 35 heavy (non-hydrogen) atoms. The van der Waals surface area contributed by atoms with Gasteiger partial charge in [0.05, 0.1) is 12.5 Å². The molecule has 14 nitrogen and oxygen atoms in total. The highest BCUT2D eigenvalue weighted by molar-refractivity contribution is 7.98. The molecule has 0 aliphatic rings. The number of thioether (sulfide) groups is 1. The number of aliphatic carboxylic acids is 1. The third-order valence-electron chi connectivity index (χ3n) is 4.86. The SMILES string of the molecule is CSCCC(NC(=O)C(CC(N)=O)NC(=O)C(N)C(C)C)C(=O)NC(CCCN=C(N)N)C(=O)O. The van der Waals surface area contributed by atoms with Crippen molar-refractivity contribution in [2.24, 2.45) is 33.8 Å². The van der Waals surface area contributed by atoms with Crippen molar-refractivity contribution in [1.29, 1.82) is 0 Å². The molecule has 0 heterocycles. The van der Waals surface area contributed by atoms with Crippen molar-refractivity contribution in [2.75, 3.05) is 18.6 Å². The monoisotopic (exact) mass is 518 g/mol. The van der Waals surface area contributed by atoms with Crippen molar-refractivity contribution in [3.05, 3.63) is 0 Å². The van der Waals surface area contributed by atoms with Crippen LogP contribution in [-0.2, 0) is 24.0 Å². The standard InChI is InChI=1S/C20H38N8O6S/c1-10(2)15(22)18(32)28-13(9-14(21)29)17(31)26-11(6-8-35-3)16(30)27-12(19(33)34)5-4-7-25-20(23)24/h10-13,15H,4-9,22H2,1-3H3,(H2,21,29)(H,26,31)(H,27,30)(H,28,32)(H,33,34)(H4,23,24,25). The molecule has 0 spiro atoms. The molecule has 0 saturated heterocycles. The van der Waals surface area contributed by atoms with E-state index in [2.05, 4.69) is 20.9 Å². The summed E-state index contributed by atoms with van der Waals surface area (Å²) in [5.74, 6) is -4.22. The van der Waals surface area contributed by atoms with Crippen LogP contribution in [0.25, 0.3) is 0 Å². The predicted molar refractivity (Wildman–Crippen MR) is 133 cm³/mol. The molecule has 0 aliphatic heterocycles. The fourth-order valence-electron chi connectivity index (χ4n) is 2.79. The Kier molecular flexibility index (Phi) is 15.1. The summed E-state index contributed by atoms with van der Waals surface area (Å²) in [4.78, 5) is 64.8. The number of amides is 4. The number of nitrogens with zero attached hydrogens (tertiary/aromatic N) is 1. The van der Waals surface area contributed by atoms with E-state index < -0.39 is 60.2 Å². The van der Waals surface area contributed by atoms with E-state index in [9.17, 15) is 29.1 Å². The highest BCUT2D eigenvalue weighted by atomic mass is 32.2. The number of carboxylic acids is 1. The number of carboxylic acid groups (broad SMARTS) is 1. The van der Waals surface area contributed by atoms with E-state index >= 15 is 0 Å². The Morgan fingerprint density at radius 1 is 0.886 bits per heavy atom. The first-order valence-electron chi connectivity index (χ1n) is 11.0. The summed E-state index contributed by atoms with van der Waals surface area (Å²) in [7, 11) is 0. The summed E-state index contributed by atoms with van der Waals surface area (Å²) in [5, 5.41) is 16.7. The van der Waals surface area contributed by atoms with Gasteiger partial charge in [-0.25, -0.2) is 4.79 Å². The van der Waals surface area contributed by atoms with Gasteiger partial charge in [-0.2, -0.15) is 11.8 Å². The first-order chi connectivity index (χ1) is 16.3. The van der Waals surface area contributed by atoms with E-state index in [1.54, 1.807) is 20.1 Å². The molecule has 15 heteroatoms. The van der Waals surface area contributed by atoms with Crippen molar-refractivity contribution in [1.82, 2.24) is 16.0 Å². The smallest absolute Gasteiger partial charge is 0.326 e. The second-order valence-corrected chi connectivity index (χ2v) is 9.18. The Bertz CT molecular complexity index is 775. The number of guanidine groups is 1. The Morgan fingerprint density at radius 2 is 1.43 bits per heavy atom. The zero-order valence-corrected chi connectivity index (χ0v) is 21.1. The lowest BCUT2D eigenvalue weighted by atomic mass is 10.0. The van der Waals surface area contributed by atoms with Crippen molar-refractivity contribution in [2.45, 2.75) is 63.7 Å².